The van der Waals surface area contributed by atoms with E-state index in [4.69, 9.17) is 14.2 Å². The molecule has 3 aromatic rings. The number of aromatic nitrogens is 1. The molecule has 0 aliphatic carbocycles. The molecule has 0 radical (unpaired) electrons. The van der Waals surface area contributed by atoms with Crippen LogP contribution in [0.2, 0.25) is 0 Å². The number of fused-ring (bicyclic) bond motifs is 1. The van der Waals surface area contributed by atoms with Crippen molar-refractivity contribution in [2.75, 3.05) is 20.8 Å². The molecule has 0 saturated carbocycles. The fraction of sp³-hybridized carbons (Fsp3) is 0.250. The molecule has 0 unspecified atom stereocenters. The molecule has 1 amide bonds. The van der Waals surface area contributed by atoms with E-state index >= 15 is 0 Å². The second-order valence-corrected chi connectivity index (χ2v) is 6.88. The molecule has 0 spiro atoms. The summed E-state index contributed by atoms with van der Waals surface area (Å²) in [6.07, 6.45) is 0. The summed E-state index contributed by atoms with van der Waals surface area (Å²) >= 11 is 1.10. The summed E-state index contributed by atoms with van der Waals surface area (Å²) in [5.41, 5.74) is 0.817. The molecule has 3 rings (SSSR count). The number of ether oxygens (including phenoxy) is 3. The number of carbonyl (C=O) groups is 2. The molecule has 2 aromatic carbocycles. The van der Waals surface area contributed by atoms with Gasteiger partial charge in [0.1, 0.15) is 23.9 Å². The highest BCUT2D eigenvalue weighted by molar-refractivity contribution is 7.16. The lowest BCUT2D eigenvalue weighted by atomic mass is 10.2. The van der Waals surface area contributed by atoms with Crippen molar-refractivity contribution in [1.29, 1.82) is 0 Å². The summed E-state index contributed by atoms with van der Waals surface area (Å²) in [6, 6.07) is 8.91. The van der Waals surface area contributed by atoms with Gasteiger partial charge in [-0.3, -0.25) is 9.59 Å². The van der Waals surface area contributed by atoms with E-state index in [9.17, 15) is 14.0 Å². The predicted molar refractivity (Wildman–Crippen MR) is 106 cm³/mol. The van der Waals surface area contributed by atoms with E-state index in [0.717, 1.165) is 11.3 Å². The van der Waals surface area contributed by atoms with Crippen LogP contribution in [0, 0.1) is 5.82 Å². The molecule has 0 saturated heterocycles. The Kier molecular flexibility index (Phi) is 6.28. The minimum atomic E-state index is -0.561. The first-order valence-electron chi connectivity index (χ1n) is 8.72. The Labute approximate surface area is 170 Å². The predicted octanol–water partition coefficient (Wildman–Crippen LogP) is 3.16. The van der Waals surface area contributed by atoms with Crippen molar-refractivity contribution in [1.82, 2.24) is 4.57 Å². The number of rotatable bonds is 6. The van der Waals surface area contributed by atoms with Crippen LogP contribution in [0.5, 0.6) is 11.5 Å². The van der Waals surface area contributed by atoms with Crippen LogP contribution in [0.3, 0.4) is 0 Å². The highest BCUT2D eigenvalue weighted by atomic mass is 32.1. The monoisotopic (exact) mass is 418 g/mol. The van der Waals surface area contributed by atoms with Crippen molar-refractivity contribution in [3.63, 3.8) is 0 Å². The summed E-state index contributed by atoms with van der Waals surface area (Å²) in [5, 5.41) is 0. The molecule has 0 N–H and O–H groups in total. The van der Waals surface area contributed by atoms with E-state index in [2.05, 4.69) is 4.99 Å². The standard InChI is InChI=1S/C20H19FN2O5S/c1-4-28-18(24)11-23-15-8-5-12(21)9-17(15)29-20(23)22-19(25)14-7-6-13(26-2)10-16(14)27-3/h5-10H,4,11H2,1-3H3. The third-order valence-electron chi connectivity index (χ3n) is 4.07. The van der Waals surface area contributed by atoms with Crippen LogP contribution in [0.25, 0.3) is 10.2 Å². The molecule has 29 heavy (non-hydrogen) atoms. The first-order valence-corrected chi connectivity index (χ1v) is 9.54. The molecule has 9 heteroatoms. The summed E-state index contributed by atoms with van der Waals surface area (Å²) in [7, 11) is 2.95. The molecule has 0 atom stereocenters. The van der Waals surface area contributed by atoms with Gasteiger partial charge in [0.2, 0.25) is 0 Å². The van der Waals surface area contributed by atoms with Gasteiger partial charge in [0, 0.05) is 6.07 Å². The quantitative estimate of drug-likeness (QED) is 0.575. The maximum absolute atomic E-state index is 13.6. The molecular formula is C20H19FN2O5S. The number of hydrogen-bond acceptors (Lipinski definition) is 6. The molecule has 152 valence electrons. The number of nitrogens with zero attached hydrogens (tertiary/aromatic N) is 2. The number of thiazole rings is 1. The van der Waals surface area contributed by atoms with E-state index in [1.54, 1.807) is 25.1 Å². The maximum Gasteiger partial charge on any atom is 0.326 e. The van der Waals surface area contributed by atoms with Gasteiger partial charge < -0.3 is 18.8 Å². The number of benzene rings is 2. The fourth-order valence-electron chi connectivity index (χ4n) is 2.74. The lowest BCUT2D eigenvalue weighted by Gasteiger charge is -2.08. The lowest BCUT2D eigenvalue weighted by molar-refractivity contribution is -0.143. The first kappa shape index (κ1) is 20.5. The van der Waals surface area contributed by atoms with Crippen LogP contribution in [0.1, 0.15) is 17.3 Å². The minimum absolute atomic E-state index is 0.147. The zero-order chi connectivity index (χ0) is 21.0. The van der Waals surface area contributed by atoms with Crippen LogP contribution >= 0.6 is 11.3 Å². The maximum atomic E-state index is 13.6. The van der Waals surface area contributed by atoms with Crippen molar-refractivity contribution in [2.45, 2.75) is 13.5 Å². The molecule has 1 heterocycles. The Balaban J connectivity index is 2.11. The Morgan fingerprint density at radius 1 is 1.14 bits per heavy atom. The number of halogens is 1. The second kappa shape index (κ2) is 8.87. The zero-order valence-corrected chi connectivity index (χ0v) is 16.9. The van der Waals surface area contributed by atoms with E-state index < -0.39 is 17.7 Å². The van der Waals surface area contributed by atoms with Crippen LogP contribution in [0.15, 0.2) is 41.4 Å². The lowest BCUT2D eigenvalue weighted by Crippen LogP contribution is -2.23. The average Bonchev–Trinajstić information content (AvgIpc) is 3.03. The number of carbonyl (C=O) groups excluding carboxylic acids is 2. The summed E-state index contributed by atoms with van der Waals surface area (Å²) in [6.45, 7) is 1.78. The van der Waals surface area contributed by atoms with Crippen molar-refractivity contribution in [3.8, 4) is 11.5 Å². The minimum Gasteiger partial charge on any atom is -0.497 e. The van der Waals surface area contributed by atoms with E-state index in [1.165, 1.54) is 37.0 Å². The highest BCUT2D eigenvalue weighted by Crippen LogP contribution is 2.25. The summed E-state index contributed by atoms with van der Waals surface area (Å²) < 4.78 is 31.1. The van der Waals surface area contributed by atoms with Crippen molar-refractivity contribution in [2.24, 2.45) is 4.99 Å². The van der Waals surface area contributed by atoms with Gasteiger partial charge in [0.05, 0.1) is 36.6 Å². The molecule has 0 fully saturated rings. The Bertz CT molecular complexity index is 1140. The van der Waals surface area contributed by atoms with Gasteiger partial charge in [-0.2, -0.15) is 4.99 Å². The molecule has 0 bridgehead atoms. The largest absolute Gasteiger partial charge is 0.497 e. The van der Waals surface area contributed by atoms with Crippen LogP contribution in [-0.2, 0) is 16.1 Å². The number of hydrogen-bond donors (Lipinski definition) is 0. The Hall–Kier alpha value is -3.20. The van der Waals surface area contributed by atoms with Crippen molar-refractivity contribution < 1.29 is 28.2 Å². The van der Waals surface area contributed by atoms with Gasteiger partial charge in [-0.05, 0) is 37.3 Å². The third-order valence-corrected chi connectivity index (χ3v) is 5.11. The fourth-order valence-corrected chi connectivity index (χ4v) is 3.80. The average molecular weight is 418 g/mol. The van der Waals surface area contributed by atoms with Gasteiger partial charge in [-0.1, -0.05) is 11.3 Å². The smallest absolute Gasteiger partial charge is 0.326 e. The molecule has 7 nitrogen and oxygen atoms in total. The normalized spacial score (nSPS) is 11.5. The van der Waals surface area contributed by atoms with Gasteiger partial charge >= 0.3 is 5.97 Å². The molecular weight excluding hydrogens is 399 g/mol. The summed E-state index contributed by atoms with van der Waals surface area (Å²) in [4.78, 5) is 29.3. The summed E-state index contributed by atoms with van der Waals surface area (Å²) in [5.74, 6) is -0.617. The van der Waals surface area contributed by atoms with E-state index in [0.29, 0.717) is 21.7 Å². The van der Waals surface area contributed by atoms with Gasteiger partial charge in [0.25, 0.3) is 5.91 Å². The molecule has 1 aromatic heterocycles. The Morgan fingerprint density at radius 3 is 2.62 bits per heavy atom. The SMILES string of the molecule is CCOC(=O)Cn1c(=NC(=O)c2ccc(OC)cc2OC)sc2cc(F)ccc21. The number of methoxy groups -OCH3 is 2. The van der Waals surface area contributed by atoms with Crippen LogP contribution in [0.4, 0.5) is 4.39 Å². The highest BCUT2D eigenvalue weighted by Gasteiger charge is 2.16. The van der Waals surface area contributed by atoms with E-state index in [1.807, 2.05) is 0 Å². The second-order valence-electron chi connectivity index (χ2n) is 5.87. The van der Waals surface area contributed by atoms with Crippen molar-refractivity contribution >= 4 is 33.4 Å². The van der Waals surface area contributed by atoms with Gasteiger partial charge in [-0.25, -0.2) is 4.39 Å². The van der Waals surface area contributed by atoms with Crippen LogP contribution in [-0.4, -0.2) is 37.3 Å². The molecule has 0 aliphatic rings. The van der Waals surface area contributed by atoms with Gasteiger partial charge in [0.15, 0.2) is 4.80 Å². The topological polar surface area (TPSA) is 79.1 Å². The Morgan fingerprint density at radius 2 is 1.93 bits per heavy atom. The third kappa shape index (κ3) is 4.45. The first-order chi connectivity index (χ1) is 14.0. The number of esters is 1. The van der Waals surface area contributed by atoms with Crippen LogP contribution < -0.4 is 14.3 Å². The van der Waals surface area contributed by atoms with Crippen molar-refractivity contribution in [3.05, 3.63) is 52.6 Å². The zero-order valence-electron chi connectivity index (χ0n) is 16.1. The molecule has 0 aliphatic heterocycles. The number of amides is 1. The van der Waals surface area contributed by atoms with Gasteiger partial charge in [-0.15, -0.1) is 0 Å². The van der Waals surface area contributed by atoms with E-state index in [-0.39, 0.29) is 23.5 Å².